The molecule has 0 saturated carbocycles. The molecule has 1 amide bonds. The van der Waals surface area contributed by atoms with E-state index in [4.69, 9.17) is 4.74 Å². The molecule has 6 heteroatoms. The minimum atomic E-state index is -0.275. The fourth-order valence-corrected chi connectivity index (χ4v) is 3.75. The molecule has 2 saturated heterocycles. The summed E-state index contributed by atoms with van der Waals surface area (Å²) in [5.41, 5.74) is 0.349. The van der Waals surface area contributed by atoms with Gasteiger partial charge in [0.2, 0.25) is 5.91 Å². The number of amides is 1. The van der Waals surface area contributed by atoms with Gasteiger partial charge in [0.25, 0.3) is 0 Å². The van der Waals surface area contributed by atoms with E-state index in [-0.39, 0.29) is 29.8 Å². The van der Waals surface area contributed by atoms with Gasteiger partial charge in [0.1, 0.15) is 5.82 Å². The summed E-state index contributed by atoms with van der Waals surface area (Å²) in [6, 6.07) is 6.49. The van der Waals surface area contributed by atoms with Crippen LogP contribution in [0.4, 0.5) is 4.39 Å². The van der Waals surface area contributed by atoms with Crippen molar-refractivity contribution >= 4 is 5.91 Å². The Morgan fingerprint density at radius 1 is 1.36 bits per heavy atom. The third-order valence-electron chi connectivity index (χ3n) is 5.52. The number of benzene rings is 1. The van der Waals surface area contributed by atoms with E-state index in [1.54, 1.807) is 12.1 Å². The van der Waals surface area contributed by atoms with Crippen LogP contribution in [0.1, 0.15) is 31.2 Å². The molecule has 2 aliphatic heterocycles. The zero-order valence-corrected chi connectivity index (χ0v) is 14.5. The lowest BCUT2D eigenvalue weighted by atomic mass is 9.81. The van der Waals surface area contributed by atoms with Crippen molar-refractivity contribution in [3.63, 3.8) is 0 Å². The Morgan fingerprint density at radius 2 is 2.12 bits per heavy atom. The summed E-state index contributed by atoms with van der Waals surface area (Å²) < 4.78 is 19.3. The van der Waals surface area contributed by atoms with Gasteiger partial charge in [-0.2, -0.15) is 0 Å². The number of hydrogen-bond acceptors (Lipinski definition) is 4. The number of nitrogens with one attached hydrogen (secondary N) is 1. The van der Waals surface area contributed by atoms with Gasteiger partial charge in [0, 0.05) is 37.3 Å². The highest BCUT2D eigenvalue weighted by atomic mass is 19.1. The molecule has 25 heavy (non-hydrogen) atoms. The van der Waals surface area contributed by atoms with Gasteiger partial charge in [-0.3, -0.25) is 9.69 Å². The van der Waals surface area contributed by atoms with Crippen molar-refractivity contribution in [2.45, 2.75) is 38.3 Å². The molecule has 0 radical (unpaired) electrons. The fraction of sp³-hybridized carbons (Fsp3) is 0.632. The summed E-state index contributed by atoms with van der Waals surface area (Å²) in [5, 5.41) is 12.8. The summed E-state index contributed by atoms with van der Waals surface area (Å²) in [4.78, 5) is 14.7. The molecule has 138 valence electrons. The van der Waals surface area contributed by atoms with Gasteiger partial charge in [0.15, 0.2) is 0 Å². The number of ether oxygens (including phenoxy) is 1. The van der Waals surface area contributed by atoms with Crippen molar-refractivity contribution in [2.75, 3.05) is 32.9 Å². The van der Waals surface area contributed by atoms with Gasteiger partial charge in [-0.15, -0.1) is 0 Å². The van der Waals surface area contributed by atoms with Crippen LogP contribution in [0.5, 0.6) is 0 Å². The average molecular weight is 350 g/mol. The highest BCUT2D eigenvalue weighted by molar-refractivity contribution is 5.82. The quantitative estimate of drug-likeness (QED) is 0.820. The predicted octanol–water partition coefficient (Wildman–Crippen LogP) is 1.70. The first-order valence-corrected chi connectivity index (χ1v) is 9.07. The van der Waals surface area contributed by atoms with E-state index in [1.807, 2.05) is 11.0 Å². The zero-order valence-electron chi connectivity index (χ0n) is 14.5. The van der Waals surface area contributed by atoms with Crippen LogP contribution < -0.4 is 5.32 Å². The van der Waals surface area contributed by atoms with Crippen LogP contribution in [-0.4, -0.2) is 54.9 Å². The van der Waals surface area contributed by atoms with Gasteiger partial charge < -0.3 is 15.2 Å². The minimum absolute atomic E-state index is 0.0202. The highest BCUT2D eigenvalue weighted by Gasteiger charge is 2.35. The minimum Gasteiger partial charge on any atom is -0.396 e. The predicted molar refractivity (Wildman–Crippen MR) is 92.4 cm³/mol. The third-order valence-corrected chi connectivity index (χ3v) is 5.52. The molecule has 2 heterocycles. The Balaban J connectivity index is 1.58. The molecule has 1 aromatic carbocycles. The highest BCUT2D eigenvalue weighted by Crippen LogP contribution is 2.29. The van der Waals surface area contributed by atoms with E-state index in [9.17, 15) is 14.3 Å². The molecule has 3 rings (SSSR count). The van der Waals surface area contributed by atoms with Crippen LogP contribution in [0, 0.1) is 11.2 Å². The Bertz CT molecular complexity index is 590. The molecule has 0 aliphatic carbocycles. The van der Waals surface area contributed by atoms with Gasteiger partial charge >= 0.3 is 0 Å². The van der Waals surface area contributed by atoms with E-state index in [0.29, 0.717) is 31.9 Å². The van der Waals surface area contributed by atoms with E-state index >= 15 is 0 Å². The monoisotopic (exact) mass is 350 g/mol. The first kappa shape index (κ1) is 18.3. The average Bonchev–Trinajstić information content (AvgIpc) is 3.11. The van der Waals surface area contributed by atoms with Crippen molar-refractivity contribution in [1.82, 2.24) is 10.2 Å². The molecule has 1 aromatic rings. The molecule has 1 atom stereocenters. The molecule has 0 bridgehead atoms. The summed E-state index contributed by atoms with van der Waals surface area (Å²) in [5.74, 6) is -0.247. The third kappa shape index (κ3) is 4.37. The lowest BCUT2D eigenvalue weighted by Gasteiger charge is -2.36. The first-order valence-electron chi connectivity index (χ1n) is 9.07. The number of rotatable bonds is 6. The standard InChI is InChI=1S/C19H27FN2O3/c20-16-5-2-1-4-15(16)12-22-9-3-6-17(22)18(24)21-13-19(14-23)7-10-25-11-8-19/h1-2,4-5,17,23H,3,6-14H2,(H,21,24). The first-order chi connectivity index (χ1) is 12.1. The molecule has 2 fully saturated rings. The maximum atomic E-state index is 13.9. The molecule has 2 N–H and O–H groups in total. The van der Waals surface area contributed by atoms with Crippen LogP contribution in [0.2, 0.25) is 0 Å². The molecular weight excluding hydrogens is 323 g/mol. The Hall–Kier alpha value is -1.50. The van der Waals surface area contributed by atoms with E-state index < -0.39 is 0 Å². The summed E-state index contributed by atoms with van der Waals surface area (Å²) in [7, 11) is 0. The van der Waals surface area contributed by atoms with Crippen molar-refractivity contribution in [3.05, 3.63) is 35.6 Å². The Kier molecular flexibility index (Phi) is 6.04. The Morgan fingerprint density at radius 3 is 2.84 bits per heavy atom. The summed E-state index contributed by atoms with van der Waals surface area (Å²) in [6.07, 6.45) is 3.24. The molecule has 2 aliphatic rings. The number of carbonyl (C=O) groups excluding carboxylic acids is 1. The van der Waals surface area contributed by atoms with Crippen LogP contribution >= 0.6 is 0 Å². The number of likely N-dealkylation sites (tertiary alicyclic amines) is 1. The van der Waals surface area contributed by atoms with Crippen LogP contribution in [0.25, 0.3) is 0 Å². The van der Waals surface area contributed by atoms with Gasteiger partial charge in [-0.05, 0) is 38.3 Å². The number of aliphatic hydroxyl groups excluding tert-OH is 1. The second-order valence-corrected chi connectivity index (χ2v) is 7.21. The molecule has 1 unspecified atom stereocenters. The smallest absolute Gasteiger partial charge is 0.237 e. The van der Waals surface area contributed by atoms with Crippen molar-refractivity contribution < 1.29 is 19.0 Å². The normalized spacial score (nSPS) is 23.5. The van der Waals surface area contributed by atoms with Crippen LogP contribution in [-0.2, 0) is 16.1 Å². The van der Waals surface area contributed by atoms with Crippen molar-refractivity contribution in [1.29, 1.82) is 0 Å². The number of nitrogens with zero attached hydrogens (tertiary/aromatic N) is 1. The lowest BCUT2D eigenvalue weighted by Crippen LogP contribution is -2.49. The number of halogens is 1. The second-order valence-electron chi connectivity index (χ2n) is 7.21. The molecular formula is C19H27FN2O3. The van der Waals surface area contributed by atoms with Crippen molar-refractivity contribution in [3.8, 4) is 0 Å². The largest absolute Gasteiger partial charge is 0.396 e. The SMILES string of the molecule is O=C(NCC1(CO)CCOCC1)C1CCCN1Cc1ccccc1F. The van der Waals surface area contributed by atoms with Crippen LogP contribution in [0.15, 0.2) is 24.3 Å². The van der Waals surface area contributed by atoms with Crippen LogP contribution in [0.3, 0.4) is 0 Å². The maximum absolute atomic E-state index is 13.9. The van der Waals surface area contributed by atoms with E-state index in [2.05, 4.69) is 5.32 Å². The zero-order chi connectivity index (χ0) is 17.7. The molecule has 0 aromatic heterocycles. The number of hydrogen-bond donors (Lipinski definition) is 2. The van der Waals surface area contributed by atoms with E-state index in [0.717, 1.165) is 32.2 Å². The maximum Gasteiger partial charge on any atom is 0.237 e. The number of carbonyl (C=O) groups is 1. The summed E-state index contributed by atoms with van der Waals surface area (Å²) in [6.45, 7) is 3.02. The van der Waals surface area contributed by atoms with Gasteiger partial charge in [-0.25, -0.2) is 4.39 Å². The topological polar surface area (TPSA) is 61.8 Å². The second kappa shape index (κ2) is 8.25. The summed E-state index contributed by atoms with van der Waals surface area (Å²) >= 11 is 0. The fourth-order valence-electron chi connectivity index (χ4n) is 3.75. The van der Waals surface area contributed by atoms with Gasteiger partial charge in [0.05, 0.1) is 12.6 Å². The molecule has 0 spiro atoms. The molecule has 5 nitrogen and oxygen atoms in total. The van der Waals surface area contributed by atoms with Gasteiger partial charge in [-0.1, -0.05) is 18.2 Å². The number of aliphatic hydroxyl groups is 1. The Labute approximate surface area is 148 Å². The lowest BCUT2D eigenvalue weighted by molar-refractivity contribution is -0.127. The van der Waals surface area contributed by atoms with Crippen molar-refractivity contribution in [2.24, 2.45) is 5.41 Å². The van der Waals surface area contributed by atoms with E-state index in [1.165, 1.54) is 6.07 Å².